The number of amides is 3. The molecule has 10 heteroatoms. The SMILES string of the molecule is CCOc1cc(/C=C2/SC(=O)N([C@@H](C)C(=O)OC)C2=O)ccc1OCC(N)=O. The Bertz CT molecular complexity index is 837. The Morgan fingerprint density at radius 1 is 1.25 bits per heavy atom. The fourth-order valence-corrected chi connectivity index (χ4v) is 3.30. The molecule has 1 heterocycles. The van der Waals surface area contributed by atoms with Gasteiger partial charge in [-0.25, -0.2) is 4.79 Å². The Kier molecular flexibility index (Phi) is 7.05. The van der Waals surface area contributed by atoms with E-state index in [2.05, 4.69) is 4.74 Å². The molecule has 150 valence electrons. The van der Waals surface area contributed by atoms with Crippen molar-refractivity contribution < 1.29 is 33.4 Å². The number of methoxy groups -OCH3 is 1. The van der Waals surface area contributed by atoms with Gasteiger partial charge in [-0.05, 0) is 49.4 Å². The molecular formula is C18H20N2O7S. The highest BCUT2D eigenvalue weighted by Crippen LogP contribution is 2.35. The largest absolute Gasteiger partial charge is 0.490 e. The average molecular weight is 408 g/mol. The van der Waals surface area contributed by atoms with Crippen molar-refractivity contribution in [1.29, 1.82) is 0 Å². The Balaban J connectivity index is 2.28. The molecule has 2 rings (SSSR count). The number of imide groups is 1. The summed E-state index contributed by atoms with van der Waals surface area (Å²) < 4.78 is 15.4. The van der Waals surface area contributed by atoms with Crippen molar-refractivity contribution in [2.24, 2.45) is 5.73 Å². The fourth-order valence-electron chi connectivity index (χ4n) is 2.39. The van der Waals surface area contributed by atoms with Crippen molar-refractivity contribution in [2.75, 3.05) is 20.3 Å². The molecule has 1 aliphatic heterocycles. The monoisotopic (exact) mass is 408 g/mol. The van der Waals surface area contributed by atoms with E-state index < -0.39 is 29.1 Å². The first-order chi connectivity index (χ1) is 13.3. The zero-order valence-electron chi connectivity index (χ0n) is 15.6. The van der Waals surface area contributed by atoms with Gasteiger partial charge in [0.1, 0.15) is 6.04 Å². The van der Waals surface area contributed by atoms with Gasteiger partial charge in [-0.2, -0.15) is 0 Å². The van der Waals surface area contributed by atoms with Crippen LogP contribution in [0.3, 0.4) is 0 Å². The van der Waals surface area contributed by atoms with Crippen LogP contribution in [0.4, 0.5) is 4.79 Å². The van der Waals surface area contributed by atoms with Gasteiger partial charge in [-0.15, -0.1) is 0 Å². The topological polar surface area (TPSA) is 125 Å². The summed E-state index contributed by atoms with van der Waals surface area (Å²) in [6, 6.07) is 3.79. The molecular weight excluding hydrogens is 388 g/mol. The summed E-state index contributed by atoms with van der Waals surface area (Å²) in [5, 5.41) is -0.555. The lowest BCUT2D eigenvalue weighted by atomic mass is 10.1. The summed E-state index contributed by atoms with van der Waals surface area (Å²) in [4.78, 5) is 48.3. The van der Waals surface area contributed by atoms with E-state index in [4.69, 9.17) is 15.2 Å². The van der Waals surface area contributed by atoms with Gasteiger partial charge in [0.25, 0.3) is 17.1 Å². The molecule has 1 atom stereocenters. The van der Waals surface area contributed by atoms with E-state index in [1.54, 1.807) is 25.1 Å². The van der Waals surface area contributed by atoms with Crippen molar-refractivity contribution in [2.45, 2.75) is 19.9 Å². The van der Waals surface area contributed by atoms with Crippen LogP contribution in [0.15, 0.2) is 23.1 Å². The number of nitrogens with zero attached hydrogens (tertiary/aromatic N) is 1. The number of primary amides is 1. The molecule has 1 aliphatic rings. The van der Waals surface area contributed by atoms with Crippen LogP contribution < -0.4 is 15.2 Å². The van der Waals surface area contributed by atoms with Crippen LogP contribution in [0, 0.1) is 0 Å². The van der Waals surface area contributed by atoms with Crippen LogP contribution in [-0.4, -0.2) is 54.3 Å². The van der Waals surface area contributed by atoms with Gasteiger partial charge in [0, 0.05) is 0 Å². The van der Waals surface area contributed by atoms with Crippen molar-refractivity contribution in [3.8, 4) is 11.5 Å². The Labute approximate surface area is 165 Å². The van der Waals surface area contributed by atoms with Gasteiger partial charge in [0.05, 0.1) is 18.6 Å². The third-order valence-corrected chi connectivity index (χ3v) is 4.57. The maximum absolute atomic E-state index is 12.5. The summed E-state index contributed by atoms with van der Waals surface area (Å²) in [5.74, 6) is -1.21. The maximum Gasteiger partial charge on any atom is 0.328 e. The summed E-state index contributed by atoms with van der Waals surface area (Å²) in [6.45, 7) is 3.25. The van der Waals surface area contributed by atoms with Crippen LogP contribution in [0.2, 0.25) is 0 Å². The zero-order chi connectivity index (χ0) is 20.8. The number of ether oxygens (including phenoxy) is 3. The Morgan fingerprint density at radius 2 is 1.96 bits per heavy atom. The highest BCUT2D eigenvalue weighted by atomic mass is 32.2. The predicted octanol–water partition coefficient (Wildman–Crippen LogP) is 1.55. The second-order valence-corrected chi connectivity index (χ2v) is 6.64. The minimum atomic E-state index is -1.02. The number of nitrogens with two attached hydrogens (primary N) is 1. The Morgan fingerprint density at radius 3 is 2.57 bits per heavy atom. The standard InChI is InChI=1S/C18H20N2O7S/c1-4-26-13-7-11(5-6-12(13)27-9-15(19)21)8-14-16(22)20(18(24)28-14)10(2)17(23)25-3/h5-8,10H,4,9H2,1-3H3,(H2,19,21)/b14-8+/t10-/m0/s1. The Hall–Kier alpha value is -3.01. The van der Waals surface area contributed by atoms with Crippen LogP contribution in [0.1, 0.15) is 19.4 Å². The third kappa shape index (κ3) is 4.83. The van der Waals surface area contributed by atoms with E-state index in [0.717, 1.165) is 16.7 Å². The lowest BCUT2D eigenvalue weighted by molar-refractivity contribution is -0.148. The third-order valence-electron chi connectivity index (χ3n) is 3.69. The van der Waals surface area contributed by atoms with Crippen molar-refractivity contribution >= 4 is 40.9 Å². The second kappa shape index (κ2) is 9.27. The summed E-state index contributed by atoms with van der Waals surface area (Å²) in [7, 11) is 1.19. The number of rotatable bonds is 8. The molecule has 0 radical (unpaired) electrons. The summed E-state index contributed by atoms with van der Waals surface area (Å²) in [6.07, 6.45) is 1.51. The number of carbonyl (C=O) groups is 4. The van der Waals surface area contributed by atoms with Crippen molar-refractivity contribution in [1.82, 2.24) is 4.90 Å². The van der Waals surface area contributed by atoms with Gasteiger partial charge in [0.15, 0.2) is 18.1 Å². The molecule has 28 heavy (non-hydrogen) atoms. The van der Waals surface area contributed by atoms with Gasteiger partial charge in [-0.3, -0.25) is 19.3 Å². The molecule has 1 saturated heterocycles. The zero-order valence-corrected chi connectivity index (χ0v) is 16.4. The van der Waals surface area contributed by atoms with Crippen LogP contribution >= 0.6 is 11.8 Å². The lowest BCUT2D eigenvalue weighted by Crippen LogP contribution is -2.42. The smallest absolute Gasteiger partial charge is 0.328 e. The second-order valence-electron chi connectivity index (χ2n) is 5.65. The molecule has 1 aromatic carbocycles. The normalized spacial score (nSPS) is 16.2. The van der Waals surface area contributed by atoms with E-state index in [0.29, 0.717) is 23.7 Å². The molecule has 0 spiro atoms. The molecule has 0 bridgehead atoms. The number of hydrogen-bond donors (Lipinski definition) is 1. The molecule has 0 aromatic heterocycles. The highest BCUT2D eigenvalue weighted by Gasteiger charge is 2.41. The number of carbonyl (C=O) groups excluding carboxylic acids is 4. The molecule has 0 unspecified atom stereocenters. The van der Waals surface area contributed by atoms with E-state index in [1.165, 1.54) is 20.1 Å². The van der Waals surface area contributed by atoms with Gasteiger partial charge >= 0.3 is 5.97 Å². The molecule has 0 saturated carbocycles. The molecule has 2 N–H and O–H groups in total. The highest BCUT2D eigenvalue weighted by molar-refractivity contribution is 8.18. The molecule has 1 aromatic rings. The fraction of sp³-hybridized carbons (Fsp3) is 0.333. The quantitative estimate of drug-likeness (QED) is 0.507. The summed E-state index contributed by atoms with van der Waals surface area (Å²) >= 11 is 0.728. The number of benzene rings is 1. The minimum Gasteiger partial charge on any atom is -0.490 e. The number of thioether (sulfide) groups is 1. The molecule has 3 amide bonds. The first kappa shape index (κ1) is 21.3. The molecule has 0 aliphatic carbocycles. The molecule has 1 fully saturated rings. The van der Waals surface area contributed by atoms with Gasteiger partial charge < -0.3 is 19.9 Å². The lowest BCUT2D eigenvalue weighted by Gasteiger charge is -2.18. The van der Waals surface area contributed by atoms with E-state index in [1.807, 2.05) is 0 Å². The van der Waals surface area contributed by atoms with E-state index in [-0.39, 0.29) is 11.5 Å². The maximum atomic E-state index is 12.5. The summed E-state index contributed by atoms with van der Waals surface area (Å²) in [5.41, 5.74) is 5.65. The number of hydrogen-bond acceptors (Lipinski definition) is 8. The van der Waals surface area contributed by atoms with Crippen LogP contribution in [-0.2, 0) is 19.1 Å². The van der Waals surface area contributed by atoms with E-state index >= 15 is 0 Å². The first-order valence-corrected chi connectivity index (χ1v) is 9.13. The van der Waals surface area contributed by atoms with Gasteiger partial charge in [-0.1, -0.05) is 6.07 Å². The van der Waals surface area contributed by atoms with Gasteiger partial charge in [0.2, 0.25) is 0 Å². The molecule has 9 nitrogen and oxygen atoms in total. The first-order valence-electron chi connectivity index (χ1n) is 8.31. The minimum absolute atomic E-state index is 0.161. The van der Waals surface area contributed by atoms with Crippen molar-refractivity contribution in [3.05, 3.63) is 28.7 Å². The van der Waals surface area contributed by atoms with Crippen LogP contribution in [0.25, 0.3) is 6.08 Å². The predicted molar refractivity (Wildman–Crippen MR) is 102 cm³/mol. The van der Waals surface area contributed by atoms with Crippen molar-refractivity contribution in [3.63, 3.8) is 0 Å². The number of esters is 1. The van der Waals surface area contributed by atoms with E-state index in [9.17, 15) is 19.2 Å². The average Bonchev–Trinajstić information content (AvgIpc) is 2.93. The van der Waals surface area contributed by atoms with Crippen LogP contribution in [0.5, 0.6) is 11.5 Å².